The Kier molecular flexibility index (Phi) is 5.48. The van der Waals surface area contributed by atoms with Crippen molar-refractivity contribution in [2.75, 3.05) is 13.2 Å². The molecule has 0 saturated carbocycles. The molecule has 2 nitrogen and oxygen atoms in total. The summed E-state index contributed by atoms with van der Waals surface area (Å²) in [6.07, 6.45) is -2.45. The summed E-state index contributed by atoms with van der Waals surface area (Å²) in [4.78, 5) is 0. The zero-order valence-corrected chi connectivity index (χ0v) is 8.62. The summed E-state index contributed by atoms with van der Waals surface area (Å²) >= 11 is 0. The van der Waals surface area contributed by atoms with Crippen LogP contribution < -0.4 is 0 Å². The Labute approximate surface area is 92.9 Å². The average Bonchev–Trinajstić information content (AvgIpc) is 2.26. The second-order valence-electron chi connectivity index (χ2n) is 3.07. The van der Waals surface area contributed by atoms with Crippen LogP contribution in [0.5, 0.6) is 0 Å². The lowest BCUT2D eigenvalue weighted by Crippen LogP contribution is -2.04. The van der Waals surface area contributed by atoms with Crippen LogP contribution in [-0.2, 0) is 11.3 Å². The first kappa shape index (κ1) is 12.6. The second kappa shape index (κ2) is 6.94. The second-order valence-corrected chi connectivity index (χ2v) is 3.07. The lowest BCUT2D eigenvalue weighted by molar-refractivity contribution is 0.00988. The summed E-state index contributed by atoms with van der Waals surface area (Å²) in [6.45, 7) is -0.627. The van der Waals surface area contributed by atoms with E-state index in [-0.39, 0.29) is 13.2 Å². The molecule has 1 aromatic rings. The lowest BCUT2D eigenvalue weighted by Gasteiger charge is -2.03. The van der Waals surface area contributed by atoms with Gasteiger partial charge in [-0.3, -0.25) is 0 Å². The number of halogens is 2. The van der Waals surface area contributed by atoms with Gasteiger partial charge in [-0.2, -0.15) is 0 Å². The molecule has 16 heavy (non-hydrogen) atoms. The number of aliphatic hydroxyl groups excluding tert-OH is 1. The number of aliphatic hydroxyl groups is 1. The van der Waals surface area contributed by atoms with Gasteiger partial charge < -0.3 is 9.84 Å². The molecule has 1 N–H and O–H groups in total. The molecule has 1 rings (SSSR count). The van der Waals surface area contributed by atoms with Crippen LogP contribution in [0.1, 0.15) is 11.1 Å². The van der Waals surface area contributed by atoms with Crippen molar-refractivity contribution in [3.63, 3.8) is 0 Å². The van der Waals surface area contributed by atoms with E-state index in [0.717, 1.165) is 11.1 Å². The highest BCUT2D eigenvalue weighted by Gasteiger charge is 2.02. The molecular formula is C12H12F2O2. The number of rotatable bonds is 4. The topological polar surface area (TPSA) is 29.5 Å². The fourth-order valence-corrected chi connectivity index (χ4v) is 1.15. The SMILES string of the molecule is OCC#Cc1cccc(COCC(F)F)c1. The summed E-state index contributed by atoms with van der Waals surface area (Å²) in [5.41, 5.74) is 1.51. The van der Waals surface area contributed by atoms with Crippen LogP contribution >= 0.6 is 0 Å². The zero-order chi connectivity index (χ0) is 11.8. The van der Waals surface area contributed by atoms with Gasteiger partial charge in [-0.25, -0.2) is 8.78 Å². The molecule has 4 heteroatoms. The van der Waals surface area contributed by atoms with Crippen LogP contribution in [0.3, 0.4) is 0 Å². The van der Waals surface area contributed by atoms with Gasteiger partial charge in [0, 0.05) is 5.56 Å². The predicted octanol–water partition coefficient (Wildman–Crippen LogP) is 1.81. The molecule has 0 aliphatic carbocycles. The molecule has 0 aromatic heterocycles. The summed E-state index contributed by atoms with van der Waals surface area (Å²) in [7, 11) is 0. The molecule has 0 heterocycles. The van der Waals surface area contributed by atoms with Gasteiger partial charge >= 0.3 is 0 Å². The van der Waals surface area contributed by atoms with E-state index in [2.05, 4.69) is 11.8 Å². The Balaban J connectivity index is 2.54. The molecule has 0 aliphatic rings. The summed E-state index contributed by atoms with van der Waals surface area (Å²) in [6, 6.07) is 7.06. The highest BCUT2D eigenvalue weighted by Crippen LogP contribution is 2.06. The first-order chi connectivity index (χ1) is 7.72. The van der Waals surface area contributed by atoms with Crippen molar-refractivity contribution in [1.29, 1.82) is 0 Å². The normalized spacial score (nSPS) is 10.0. The van der Waals surface area contributed by atoms with Crippen LogP contribution in [0.25, 0.3) is 0 Å². The van der Waals surface area contributed by atoms with Crippen molar-refractivity contribution in [3.8, 4) is 11.8 Å². The summed E-state index contributed by atoms with van der Waals surface area (Å²) < 4.78 is 28.4. The van der Waals surface area contributed by atoms with Crippen LogP contribution in [-0.4, -0.2) is 24.7 Å². The number of hydrogen-bond acceptors (Lipinski definition) is 2. The largest absolute Gasteiger partial charge is 0.384 e. The molecule has 0 unspecified atom stereocenters. The highest BCUT2D eigenvalue weighted by atomic mass is 19.3. The Hall–Kier alpha value is -1.44. The van der Waals surface area contributed by atoms with Gasteiger partial charge in [0.1, 0.15) is 13.2 Å². The molecule has 1 aromatic carbocycles. The van der Waals surface area contributed by atoms with Gasteiger partial charge in [0.2, 0.25) is 0 Å². The molecule has 0 spiro atoms. The van der Waals surface area contributed by atoms with E-state index in [1.807, 2.05) is 0 Å². The van der Waals surface area contributed by atoms with Crippen LogP contribution in [0.2, 0.25) is 0 Å². The maximum absolute atomic E-state index is 11.8. The molecule has 0 atom stereocenters. The maximum atomic E-state index is 11.8. The third kappa shape index (κ3) is 4.87. The van der Waals surface area contributed by atoms with E-state index in [4.69, 9.17) is 9.84 Å². The van der Waals surface area contributed by atoms with E-state index in [0.29, 0.717) is 0 Å². The molecule has 0 saturated heterocycles. The Morgan fingerprint density at radius 2 is 2.19 bits per heavy atom. The van der Waals surface area contributed by atoms with Crippen LogP contribution in [0.15, 0.2) is 24.3 Å². The minimum absolute atomic E-state index is 0.138. The monoisotopic (exact) mass is 226 g/mol. The van der Waals surface area contributed by atoms with E-state index >= 15 is 0 Å². The van der Waals surface area contributed by atoms with Crippen LogP contribution in [0.4, 0.5) is 8.78 Å². The highest BCUT2D eigenvalue weighted by molar-refractivity contribution is 5.36. The third-order valence-electron chi connectivity index (χ3n) is 1.75. The van der Waals surface area contributed by atoms with Gasteiger partial charge in [0.05, 0.1) is 6.61 Å². The van der Waals surface area contributed by atoms with Crippen molar-refractivity contribution in [1.82, 2.24) is 0 Å². The molecular weight excluding hydrogens is 214 g/mol. The molecule has 0 amide bonds. The predicted molar refractivity (Wildman–Crippen MR) is 56.1 cm³/mol. The van der Waals surface area contributed by atoms with Gasteiger partial charge in [-0.1, -0.05) is 24.0 Å². The first-order valence-electron chi connectivity index (χ1n) is 4.77. The fraction of sp³-hybridized carbons (Fsp3) is 0.333. The summed E-state index contributed by atoms with van der Waals surface area (Å²) in [5.74, 6) is 5.24. The average molecular weight is 226 g/mol. The van der Waals surface area contributed by atoms with E-state index in [1.54, 1.807) is 24.3 Å². The van der Waals surface area contributed by atoms with E-state index in [1.165, 1.54) is 0 Å². The number of hydrogen-bond donors (Lipinski definition) is 1. The fourth-order valence-electron chi connectivity index (χ4n) is 1.15. The van der Waals surface area contributed by atoms with Gasteiger partial charge in [0.15, 0.2) is 0 Å². The van der Waals surface area contributed by atoms with Crippen molar-refractivity contribution in [2.24, 2.45) is 0 Å². The minimum Gasteiger partial charge on any atom is -0.384 e. The summed E-state index contributed by atoms with van der Waals surface area (Å²) in [5, 5.41) is 8.52. The minimum atomic E-state index is -2.45. The Bertz CT molecular complexity index is 380. The van der Waals surface area contributed by atoms with Gasteiger partial charge in [-0.15, -0.1) is 0 Å². The zero-order valence-electron chi connectivity index (χ0n) is 8.62. The van der Waals surface area contributed by atoms with Crippen molar-refractivity contribution in [3.05, 3.63) is 35.4 Å². The molecule has 0 bridgehead atoms. The molecule has 0 fully saturated rings. The number of ether oxygens (including phenoxy) is 1. The third-order valence-corrected chi connectivity index (χ3v) is 1.75. The quantitative estimate of drug-likeness (QED) is 0.793. The smallest absolute Gasteiger partial charge is 0.261 e. The Morgan fingerprint density at radius 3 is 2.88 bits per heavy atom. The Morgan fingerprint density at radius 1 is 1.38 bits per heavy atom. The first-order valence-corrected chi connectivity index (χ1v) is 4.77. The van der Waals surface area contributed by atoms with E-state index in [9.17, 15) is 8.78 Å². The number of benzene rings is 1. The van der Waals surface area contributed by atoms with Crippen molar-refractivity contribution in [2.45, 2.75) is 13.0 Å². The van der Waals surface area contributed by atoms with Crippen LogP contribution in [0, 0.1) is 11.8 Å². The van der Waals surface area contributed by atoms with Crippen molar-refractivity contribution >= 4 is 0 Å². The standard InChI is InChI=1S/C12H12F2O2/c13-12(14)9-16-8-11-4-1-3-10(7-11)5-2-6-15/h1,3-4,7,12,15H,6,8-9H2. The molecule has 0 radical (unpaired) electrons. The van der Waals surface area contributed by atoms with Gasteiger partial charge in [-0.05, 0) is 17.7 Å². The maximum Gasteiger partial charge on any atom is 0.261 e. The molecule has 0 aliphatic heterocycles. The lowest BCUT2D eigenvalue weighted by atomic mass is 10.1. The van der Waals surface area contributed by atoms with Crippen molar-refractivity contribution < 1.29 is 18.6 Å². The van der Waals surface area contributed by atoms with E-state index < -0.39 is 13.0 Å². The number of alkyl halides is 2. The van der Waals surface area contributed by atoms with Gasteiger partial charge in [0.25, 0.3) is 6.43 Å². The molecule has 86 valence electrons.